The van der Waals surface area contributed by atoms with E-state index in [2.05, 4.69) is 15.4 Å². The SMILES string of the molecule is O=C(Nc1cccc(F)c1)c1ccnn1-c1ccc2ccc(-c3cccnc3)cn12.O=C(O)C(F)(F)F. The van der Waals surface area contributed by atoms with Crippen LogP contribution < -0.4 is 5.32 Å². The van der Waals surface area contributed by atoms with E-state index < -0.39 is 18.0 Å². The predicted molar refractivity (Wildman–Crippen MR) is 126 cm³/mol. The van der Waals surface area contributed by atoms with Crippen LogP contribution in [0.2, 0.25) is 0 Å². The number of benzene rings is 1. The fraction of sp³-hybridized carbons (Fsp3) is 0.0400. The minimum atomic E-state index is -5.08. The van der Waals surface area contributed by atoms with Gasteiger partial charge in [-0.15, -0.1) is 0 Å². The van der Waals surface area contributed by atoms with Gasteiger partial charge in [0.15, 0.2) is 0 Å². The number of fused-ring (bicyclic) bond motifs is 1. The highest BCUT2D eigenvalue weighted by molar-refractivity contribution is 6.03. The zero-order valence-corrected chi connectivity index (χ0v) is 18.7. The lowest BCUT2D eigenvalue weighted by molar-refractivity contribution is -0.192. The first-order valence-electron chi connectivity index (χ1n) is 10.6. The molecule has 4 heterocycles. The van der Waals surface area contributed by atoms with Crippen molar-refractivity contribution in [3.63, 3.8) is 0 Å². The van der Waals surface area contributed by atoms with E-state index in [0.717, 1.165) is 16.6 Å². The Morgan fingerprint density at radius 2 is 1.68 bits per heavy atom. The molecule has 2 N–H and O–H groups in total. The fourth-order valence-electron chi connectivity index (χ4n) is 3.38. The Morgan fingerprint density at radius 3 is 2.35 bits per heavy atom. The molecule has 5 rings (SSSR count). The molecule has 8 nitrogen and oxygen atoms in total. The average molecular weight is 511 g/mol. The number of hydrogen-bond donors (Lipinski definition) is 2. The second-order valence-corrected chi connectivity index (χ2v) is 7.54. The maximum Gasteiger partial charge on any atom is 0.490 e. The Kier molecular flexibility index (Phi) is 7.00. The molecule has 1 aromatic carbocycles. The van der Waals surface area contributed by atoms with Gasteiger partial charge in [0.05, 0.1) is 6.20 Å². The predicted octanol–water partition coefficient (Wildman–Crippen LogP) is 5.21. The molecule has 5 aromatic rings. The molecule has 0 aliphatic carbocycles. The van der Waals surface area contributed by atoms with E-state index >= 15 is 0 Å². The van der Waals surface area contributed by atoms with Gasteiger partial charge in [-0.05, 0) is 54.1 Å². The molecule has 0 radical (unpaired) electrons. The molecule has 4 aromatic heterocycles. The van der Waals surface area contributed by atoms with Gasteiger partial charge in [-0.2, -0.15) is 18.3 Å². The van der Waals surface area contributed by atoms with Crippen LogP contribution >= 0.6 is 0 Å². The Hall–Kier alpha value is -5.00. The first kappa shape index (κ1) is 25.1. The largest absolute Gasteiger partial charge is 0.490 e. The van der Waals surface area contributed by atoms with Crippen LogP contribution in [0.4, 0.5) is 23.2 Å². The number of pyridine rings is 2. The van der Waals surface area contributed by atoms with E-state index in [9.17, 15) is 22.4 Å². The van der Waals surface area contributed by atoms with Crippen LogP contribution in [0.15, 0.2) is 91.5 Å². The number of carbonyl (C=O) groups is 2. The molecule has 0 bridgehead atoms. The van der Waals surface area contributed by atoms with E-state index in [-0.39, 0.29) is 5.91 Å². The molecule has 37 heavy (non-hydrogen) atoms. The molecular weight excluding hydrogens is 494 g/mol. The third-order valence-electron chi connectivity index (χ3n) is 5.04. The van der Waals surface area contributed by atoms with Crippen LogP contribution in [0.3, 0.4) is 0 Å². The minimum absolute atomic E-state index is 0.339. The Bertz CT molecular complexity index is 1560. The fourth-order valence-corrected chi connectivity index (χ4v) is 3.38. The van der Waals surface area contributed by atoms with Gasteiger partial charge in [0.1, 0.15) is 17.3 Å². The van der Waals surface area contributed by atoms with Crippen molar-refractivity contribution >= 4 is 23.1 Å². The molecule has 188 valence electrons. The van der Waals surface area contributed by atoms with E-state index in [1.807, 2.05) is 47.0 Å². The van der Waals surface area contributed by atoms with Crippen LogP contribution in [0.1, 0.15) is 10.5 Å². The summed E-state index contributed by atoms with van der Waals surface area (Å²) in [4.78, 5) is 25.9. The molecule has 0 aliphatic rings. The number of nitrogens with zero attached hydrogens (tertiary/aromatic N) is 4. The highest BCUT2D eigenvalue weighted by atomic mass is 19.4. The molecule has 0 saturated carbocycles. The lowest BCUT2D eigenvalue weighted by Crippen LogP contribution is -2.21. The number of carboxylic acid groups (broad SMARTS) is 1. The van der Waals surface area contributed by atoms with Crippen molar-refractivity contribution in [2.24, 2.45) is 0 Å². The minimum Gasteiger partial charge on any atom is -0.475 e. The molecule has 0 atom stereocenters. The van der Waals surface area contributed by atoms with Gasteiger partial charge < -0.3 is 14.8 Å². The van der Waals surface area contributed by atoms with Crippen LogP contribution in [-0.4, -0.2) is 42.3 Å². The Morgan fingerprint density at radius 1 is 0.919 bits per heavy atom. The Balaban J connectivity index is 0.000000405. The molecule has 0 aliphatic heterocycles. The topological polar surface area (TPSA) is 102 Å². The number of halogens is 4. The summed E-state index contributed by atoms with van der Waals surface area (Å²) in [6.07, 6.45) is 1.99. The number of rotatable bonds is 4. The zero-order chi connectivity index (χ0) is 26.6. The van der Waals surface area contributed by atoms with E-state index in [4.69, 9.17) is 9.90 Å². The first-order valence-corrected chi connectivity index (χ1v) is 10.6. The third-order valence-corrected chi connectivity index (χ3v) is 5.04. The summed E-state index contributed by atoms with van der Waals surface area (Å²) >= 11 is 0. The molecule has 1 amide bonds. The maximum atomic E-state index is 13.4. The van der Waals surface area contributed by atoms with E-state index in [1.54, 1.807) is 41.5 Å². The lowest BCUT2D eigenvalue weighted by atomic mass is 10.1. The number of anilines is 1. The highest BCUT2D eigenvalue weighted by Gasteiger charge is 2.38. The normalized spacial score (nSPS) is 11.0. The number of carbonyl (C=O) groups excluding carboxylic acids is 1. The van der Waals surface area contributed by atoms with Crippen molar-refractivity contribution < 1.29 is 32.3 Å². The van der Waals surface area contributed by atoms with Gasteiger partial charge in [-0.25, -0.2) is 13.9 Å². The third kappa shape index (κ3) is 5.81. The summed E-state index contributed by atoms with van der Waals surface area (Å²) in [5.74, 6) is -2.84. The van der Waals surface area contributed by atoms with Crippen molar-refractivity contribution in [1.82, 2.24) is 19.2 Å². The summed E-state index contributed by atoms with van der Waals surface area (Å²) in [6.45, 7) is 0. The van der Waals surface area contributed by atoms with Crippen LogP contribution in [0.5, 0.6) is 0 Å². The molecule has 0 fully saturated rings. The van der Waals surface area contributed by atoms with Gasteiger partial charge in [-0.1, -0.05) is 18.2 Å². The van der Waals surface area contributed by atoms with Gasteiger partial charge in [0.25, 0.3) is 5.91 Å². The number of nitrogens with one attached hydrogen (secondary N) is 1. The molecular formula is C25H17F4N5O3. The summed E-state index contributed by atoms with van der Waals surface area (Å²) in [6, 6.07) is 19.2. The van der Waals surface area contributed by atoms with Crippen molar-refractivity contribution in [2.45, 2.75) is 6.18 Å². The molecule has 12 heteroatoms. The summed E-state index contributed by atoms with van der Waals surface area (Å²) < 4.78 is 48.7. The molecule has 0 saturated heterocycles. The van der Waals surface area contributed by atoms with Crippen LogP contribution in [0, 0.1) is 5.82 Å². The summed E-state index contributed by atoms with van der Waals surface area (Å²) in [5, 5.41) is 14.2. The Labute approximate surface area is 206 Å². The van der Waals surface area contributed by atoms with E-state index in [0.29, 0.717) is 17.2 Å². The average Bonchev–Trinajstić information content (AvgIpc) is 3.51. The summed E-state index contributed by atoms with van der Waals surface area (Å²) in [5.41, 5.74) is 3.66. The highest BCUT2D eigenvalue weighted by Crippen LogP contribution is 2.23. The van der Waals surface area contributed by atoms with Crippen LogP contribution in [-0.2, 0) is 4.79 Å². The van der Waals surface area contributed by atoms with Crippen molar-refractivity contribution in [2.75, 3.05) is 5.32 Å². The molecule has 0 unspecified atom stereocenters. The zero-order valence-electron chi connectivity index (χ0n) is 18.7. The summed E-state index contributed by atoms with van der Waals surface area (Å²) in [7, 11) is 0. The van der Waals surface area contributed by atoms with Gasteiger partial charge >= 0.3 is 12.1 Å². The second-order valence-electron chi connectivity index (χ2n) is 7.54. The van der Waals surface area contributed by atoms with Gasteiger partial charge in [-0.3, -0.25) is 9.78 Å². The monoisotopic (exact) mass is 511 g/mol. The molecule has 0 spiro atoms. The van der Waals surface area contributed by atoms with Gasteiger partial charge in [0, 0.05) is 35.4 Å². The van der Waals surface area contributed by atoms with E-state index in [1.165, 1.54) is 12.1 Å². The second kappa shape index (κ2) is 10.3. The van der Waals surface area contributed by atoms with Gasteiger partial charge in [0.2, 0.25) is 0 Å². The standard InChI is InChI=1S/C23H16FN5O.C2HF3O2/c24-18-4-1-5-19(13-18)27-23(30)21-10-12-26-29(21)22-9-8-20-7-6-17(15-28(20)22)16-3-2-11-25-14-16;3-2(4,5)1(6)7/h1-15H,(H,27,30);(H,6,7). The first-order chi connectivity index (χ1) is 17.6. The lowest BCUT2D eigenvalue weighted by Gasteiger charge is -2.10. The van der Waals surface area contributed by atoms with Crippen LogP contribution in [0.25, 0.3) is 22.5 Å². The smallest absolute Gasteiger partial charge is 0.475 e. The number of hydrogen-bond acceptors (Lipinski definition) is 4. The maximum absolute atomic E-state index is 13.4. The number of amides is 1. The number of aliphatic carboxylic acids is 1. The quantitative estimate of drug-likeness (QED) is 0.323. The number of alkyl halides is 3. The number of aromatic nitrogens is 4. The van der Waals surface area contributed by atoms with Crippen molar-refractivity contribution in [1.29, 1.82) is 0 Å². The van der Waals surface area contributed by atoms with Crippen molar-refractivity contribution in [3.8, 4) is 16.9 Å². The van der Waals surface area contributed by atoms with Crippen molar-refractivity contribution in [3.05, 3.63) is 103 Å². The number of carboxylic acids is 1.